The largest absolute Gasteiger partial charge is 0.468 e. The second kappa shape index (κ2) is 6.20. The van der Waals surface area contributed by atoms with Gasteiger partial charge in [-0.3, -0.25) is 10.00 Å². The topological polar surface area (TPSA) is 45.1 Å². The molecule has 0 saturated carbocycles. The SMILES string of the molecule is Cc1ccc(-c2[nH]ncc2CN(C)Cc2ccco2)cc1C. The minimum absolute atomic E-state index is 0.782. The van der Waals surface area contributed by atoms with Crippen LogP contribution in [0.15, 0.2) is 47.2 Å². The van der Waals surface area contributed by atoms with E-state index >= 15 is 0 Å². The van der Waals surface area contributed by atoms with Gasteiger partial charge in [0.1, 0.15) is 5.76 Å². The van der Waals surface area contributed by atoms with Gasteiger partial charge in [0.2, 0.25) is 0 Å². The molecule has 0 aliphatic rings. The molecule has 114 valence electrons. The maximum absolute atomic E-state index is 5.40. The van der Waals surface area contributed by atoms with Crippen molar-refractivity contribution >= 4 is 0 Å². The van der Waals surface area contributed by atoms with E-state index in [1.807, 2.05) is 18.3 Å². The molecule has 22 heavy (non-hydrogen) atoms. The number of rotatable bonds is 5. The van der Waals surface area contributed by atoms with E-state index in [0.717, 1.165) is 24.5 Å². The van der Waals surface area contributed by atoms with E-state index < -0.39 is 0 Å². The Balaban J connectivity index is 1.78. The first-order valence-corrected chi connectivity index (χ1v) is 7.44. The second-order valence-corrected chi connectivity index (χ2v) is 5.82. The van der Waals surface area contributed by atoms with Crippen molar-refractivity contribution in [3.63, 3.8) is 0 Å². The zero-order valence-corrected chi connectivity index (χ0v) is 13.3. The number of aromatic amines is 1. The third-order valence-corrected chi connectivity index (χ3v) is 3.96. The van der Waals surface area contributed by atoms with Crippen LogP contribution in [0.5, 0.6) is 0 Å². The van der Waals surface area contributed by atoms with Crippen LogP contribution in [-0.4, -0.2) is 22.1 Å². The minimum atomic E-state index is 0.782. The van der Waals surface area contributed by atoms with Crippen LogP contribution >= 0.6 is 0 Å². The Bertz CT molecular complexity index is 744. The Kier molecular flexibility index (Phi) is 4.11. The first-order valence-electron chi connectivity index (χ1n) is 7.44. The molecule has 0 radical (unpaired) electrons. The summed E-state index contributed by atoms with van der Waals surface area (Å²) in [6.07, 6.45) is 3.62. The molecule has 1 N–H and O–H groups in total. The number of hydrogen-bond donors (Lipinski definition) is 1. The average molecular weight is 295 g/mol. The van der Waals surface area contributed by atoms with Crippen LogP contribution in [-0.2, 0) is 13.1 Å². The number of benzene rings is 1. The maximum atomic E-state index is 5.40. The lowest BCUT2D eigenvalue weighted by Gasteiger charge is -2.15. The van der Waals surface area contributed by atoms with Crippen LogP contribution in [0.3, 0.4) is 0 Å². The van der Waals surface area contributed by atoms with Gasteiger partial charge >= 0.3 is 0 Å². The number of hydrogen-bond acceptors (Lipinski definition) is 3. The standard InChI is InChI=1S/C18H21N3O/c1-13-6-7-15(9-14(13)2)18-16(10-19-20-18)11-21(3)12-17-5-4-8-22-17/h4-10H,11-12H2,1-3H3,(H,19,20). The number of furan rings is 1. The maximum Gasteiger partial charge on any atom is 0.117 e. The highest BCUT2D eigenvalue weighted by atomic mass is 16.3. The quantitative estimate of drug-likeness (QED) is 0.776. The fourth-order valence-corrected chi connectivity index (χ4v) is 2.59. The molecule has 3 aromatic rings. The highest BCUT2D eigenvalue weighted by Crippen LogP contribution is 2.24. The van der Waals surface area contributed by atoms with E-state index in [1.165, 1.54) is 22.3 Å². The summed E-state index contributed by atoms with van der Waals surface area (Å²) in [5, 5.41) is 7.36. The highest BCUT2D eigenvalue weighted by Gasteiger charge is 2.11. The van der Waals surface area contributed by atoms with Crippen molar-refractivity contribution < 1.29 is 4.42 Å². The van der Waals surface area contributed by atoms with Crippen molar-refractivity contribution in [3.8, 4) is 11.3 Å². The van der Waals surface area contributed by atoms with Crippen LogP contribution < -0.4 is 0 Å². The lowest BCUT2D eigenvalue weighted by molar-refractivity contribution is 0.288. The molecule has 4 heteroatoms. The van der Waals surface area contributed by atoms with Crippen LogP contribution in [0.1, 0.15) is 22.5 Å². The Morgan fingerprint density at radius 3 is 2.73 bits per heavy atom. The molecular weight excluding hydrogens is 274 g/mol. The molecule has 0 unspecified atom stereocenters. The molecule has 0 atom stereocenters. The van der Waals surface area contributed by atoms with Crippen molar-refractivity contribution in [2.75, 3.05) is 7.05 Å². The van der Waals surface area contributed by atoms with Gasteiger partial charge in [-0.25, -0.2) is 0 Å². The van der Waals surface area contributed by atoms with Crippen LogP contribution in [0.2, 0.25) is 0 Å². The van der Waals surface area contributed by atoms with E-state index in [-0.39, 0.29) is 0 Å². The molecule has 2 aromatic heterocycles. The zero-order chi connectivity index (χ0) is 15.5. The Hall–Kier alpha value is -2.33. The summed E-state index contributed by atoms with van der Waals surface area (Å²) in [5.41, 5.74) is 6.07. The Morgan fingerprint density at radius 1 is 1.14 bits per heavy atom. The molecule has 0 aliphatic carbocycles. The number of nitrogens with one attached hydrogen (secondary N) is 1. The van der Waals surface area contributed by atoms with Gasteiger partial charge < -0.3 is 4.42 Å². The van der Waals surface area contributed by atoms with E-state index in [9.17, 15) is 0 Å². The van der Waals surface area contributed by atoms with Crippen LogP contribution in [0, 0.1) is 13.8 Å². The molecule has 2 heterocycles. The van der Waals surface area contributed by atoms with Crippen molar-refractivity contribution in [3.05, 3.63) is 65.2 Å². The van der Waals surface area contributed by atoms with Gasteiger partial charge in [-0.05, 0) is 50.2 Å². The summed E-state index contributed by atoms with van der Waals surface area (Å²) in [7, 11) is 2.08. The fraction of sp³-hybridized carbons (Fsp3) is 0.278. The van der Waals surface area contributed by atoms with Crippen LogP contribution in [0.4, 0.5) is 0 Å². The first kappa shape index (κ1) is 14.6. The molecule has 0 saturated heterocycles. The van der Waals surface area contributed by atoms with E-state index in [0.29, 0.717) is 0 Å². The van der Waals surface area contributed by atoms with E-state index in [2.05, 4.69) is 54.2 Å². The van der Waals surface area contributed by atoms with E-state index in [1.54, 1.807) is 6.26 Å². The van der Waals surface area contributed by atoms with E-state index in [4.69, 9.17) is 4.42 Å². The average Bonchev–Trinajstić information content (AvgIpc) is 3.13. The summed E-state index contributed by atoms with van der Waals surface area (Å²) in [5.74, 6) is 0.971. The fourth-order valence-electron chi connectivity index (χ4n) is 2.59. The normalized spacial score (nSPS) is 11.3. The van der Waals surface area contributed by atoms with Gasteiger partial charge in [0, 0.05) is 17.7 Å². The summed E-state index contributed by atoms with van der Waals surface area (Å²) in [6.45, 7) is 5.87. The van der Waals surface area contributed by atoms with Gasteiger partial charge in [-0.2, -0.15) is 5.10 Å². The molecule has 0 aliphatic heterocycles. The minimum Gasteiger partial charge on any atom is -0.468 e. The lowest BCUT2D eigenvalue weighted by Crippen LogP contribution is -2.17. The van der Waals surface area contributed by atoms with Gasteiger partial charge in [0.15, 0.2) is 0 Å². The Labute approximate surface area is 130 Å². The Morgan fingerprint density at radius 2 is 2.00 bits per heavy atom. The number of aromatic nitrogens is 2. The second-order valence-electron chi connectivity index (χ2n) is 5.82. The van der Waals surface area contributed by atoms with Crippen LogP contribution in [0.25, 0.3) is 11.3 Å². The number of nitrogens with zero attached hydrogens (tertiary/aromatic N) is 2. The summed E-state index contributed by atoms with van der Waals surface area (Å²) >= 11 is 0. The molecule has 0 amide bonds. The third kappa shape index (κ3) is 3.12. The van der Waals surface area contributed by atoms with Crippen molar-refractivity contribution in [1.29, 1.82) is 0 Å². The predicted octanol–water partition coefficient (Wildman–Crippen LogP) is 3.92. The lowest BCUT2D eigenvalue weighted by atomic mass is 10.0. The summed E-state index contributed by atoms with van der Waals surface area (Å²) in [6, 6.07) is 10.4. The van der Waals surface area contributed by atoms with Gasteiger partial charge in [0.05, 0.1) is 24.7 Å². The third-order valence-electron chi connectivity index (χ3n) is 3.96. The highest BCUT2D eigenvalue weighted by molar-refractivity contribution is 5.64. The molecule has 1 aromatic carbocycles. The summed E-state index contributed by atoms with van der Waals surface area (Å²) < 4.78 is 5.40. The molecule has 0 spiro atoms. The molecule has 3 rings (SSSR count). The smallest absolute Gasteiger partial charge is 0.117 e. The van der Waals surface area contributed by atoms with Gasteiger partial charge in [-0.15, -0.1) is 0 Å². The van der Waals surface area contributed by atoms with Crippen molar-refractivity contribution in [2.45, 2.75) is 26.9 Å². The first-order chi connectivity index (χ1) is 10.6. The molecule has 0 fully saturated rings. The zero-order valence-electron chi connectivity index (χ0n) is 13.3. The molecule has 0 bridgehead atoms. The predicted molar refractivity (Wildman–Crippen MR) is 87.4 cm³/mol. The van der Waals surface area contributed by atoms with Crippen molar-refractivity contribution in [1.82, 2.24) is 15.1 Å². The number of H-pyrrole nitrogens is 1. The molecule has 4 nitrogen and oxygen atoms in total. The van der Waals surface area contributed by atoms with Gasteiger partial charge in [-0.1, -0.05) is 12.1 Å². The van der Waals surface area contributed by atoms with Gasteiger partial charge in [0.25, 0.3) is 0 Å². The molecular formula is C18H21N3O. The summed E-state index contributed by atoms with van der Waals surface area (Å²) in [4.78, 5) is 2.22. The van der Waals surface area contributed by atoms with Crippen molar-refractivity contribution in [2.24, 2.45) is 0 Å². The monoisotopic (exact) mass is 295 g/mol. The number of aryl methyl sites for hydroxylation is 2.